The molecule has 4 nitrogen and oxygen atoms in total. The van der Waals surface area contributed by atoms with Crippen molar-refractivity contribution in [2.45, 2.75) is 20.3 Å². The third kappa shape index (κ3) is 3.28. The van der Waals surface area contributed by atoms with Gasteiger partial charge in [-0.2, -0.15) is 0 Å². The summed E-state index contributed by atoms with van der Waals surface area (Å²) in [5, 5.41) is 8.69. The number of aliphatic carboxylic acids is 1. The highest BCUT2D eigenvalue weighted by atomic mass is 16.4. The van der Waals surface area contributed by atoms with Crippen molar-refractivity contribution in [2.24, 2.45) is 0 Å². The van der Waals surface area contributed by atoms with Crippen LogP contribution in [0, 0.1) is 6.92 Å². The number of hydrogen-bond acceptors (Lipinski definition) is 2. The number of rotatable bonds is 4. The fourth-order valence-corrected chi connectivity index (χ4v) is 2.24. The summed E-state index contributed by atoms with van der Waals surface area (Å²) >= 11 is 0. The average Bonchev–Trinajstić information content (AvgIpc) is 2.46. The van der Waals surface area contributed by atoms with E-state index in [2.05, 4.69) is 6.92 Å². The fourth-order valence-electron chi connectivity index (χ4n) is 2.24. The molecule has 0 amide bonds. The molecule has 21 heavy (non-hydrogen) atoms. The Balaban J connectivity index is 2.61. The van der Waals surface area contributed by atoms with Crippen LogP contribution in [-0.4, -0.2) is 15.6 Å². The van der Waals surface area contributed by atoms with Crippen LogP contribution in [0.3, 0.4) is 0 Å². The summed E-state index contributed by atoms with van der Waals surface area (Å²) in [6.07, 6.45) is 4.87. The van der Waals surface area contributed by atoms with Crippen LogP contribution < -0.4 is 5.43 Å². The van der Waals surface area contributed by atoms with Gasteiger partial charge < -0.3 is 9.67 Å². The lowest BCUT2D eigenvalue weighted by atomic mass is 10.1. The minimum atomic E-state index is -1.07. The number of carboxylic acid groups (broad SMARTS) is 1. The maximum atomic E-state index is 11.9. The van der Waals surface area contributed by atoms with Crippen LogP contribution in [0.1, 0.15) is 23.7 Å². The third-order valence-electron chi connectivity index (χ3n) is 3.31. The van der Waals surface area contributed by atoms with Gasteiger partial charge in [0, 0.05) is 35.3 Å². The second-order valence-electron chi connectivity index (χ2n) is 4.76. The molecule has 0 spiro atoms. The summed E-state index contributed by atoms with van der Waals surface area (Å²) in [7, 11) is 0. The molecule has 4 heteroatoms. The molecule has 1 aromatic carbocycles. The van der Waals surface area contributed by atoms with E-state index in [1.54, 1.807) is 6.20 Å². The summed E-state index contributed by atoms with van der Waals surface area (Å²) in [6, 6.07) is 9.47. The van der Waals surface area contributed by atoms with E-state index in [1.807, 2.05) is 35.8 Å². The summed E-state index contributed by atoms with van der Waals surface area (Å²) in [6.45, 7) is 3.93. The van der Waals surface area contributed by atoms with Gasteiger partial charge >= 0.3 is 5.97 Å². The Morgan fingerprint density at radius 3 is 2.71 bits per heavy atom. The molecule has 108 valence electrons. The van der Waals surface area contributed by atoms with E-state index < -0.39 is 5.97 Å². The summed E-state index contributed by atoms with van der Waals surface area (Å²) < 4.78 is 1.92. The van der Waals surface area contributed by atoms with E-state index in [4.69, 9.17) is 5.11 Å². The van der Waals surface area contributed by atoms with Crippen molar-refractivity contribution in [2.75, 3.05) is 0 Å². The molecule has 0 atom stereocenters. The minimum Gasteiger partial charge on any atom is -0.478 e. The lowest BCUT2D eigenvalue weighted by molar-refractivity contribution is -0.131. The van der Waals surface area contributed by atoms with Gasteiger partial charge in [0.05, 0.1) is 0 Å². The zero-order chi connectivity index (χ0) is 15.4. The highest BCUT2D eigenvalue weighted by molar-refractivity contribution is 5.85. The number of nitrogens with zero attached hydrogens (tertiary/aromatic N) is 1. The highest BCUT2D eigenvalue weighted by Gasteiger charge is 2.07. The van der Waals surface area contributed by atoms with Gasteiger partial charge in [0.1, 0.15) is 0 Å². The molecule has 0 aliphatic carbocycles. The van der Waals surface area contributed by atoms with Crippen molar-refractivity contribution in [3.63, 3.8) is 0 Å². The van der Waals surface area contributed by atoms with Crippen molar-refractivity contribution in [1.82, 2.24) is 4.57 Å². The smallest absolute Gasteiger partial charge is 0.328 e. The van der Waals surface area contributed by atoms with Crippen LogP contribution in [0.4, 0.5) is 0 Å². The standard InChI is InChI=1S/C17H17NO3/c1-3-13-6-4-5-7-15(13)18-11-14(8-9-17(20)21)16(19)10-12(18)2/h4-11H,3H2,1-2H3,(H,20,21)/b9-8+. The Kier molecular flexibility index (Phi) is 4.38. The highest BCUT2D eigenvalue weighted by Crippen LogP contribution is 2.17. The van der Waals surface area contributed by atoms with Crippen molar-refractivity contribution in [3.05, 3.63) is 69.6 Å². The predicted molar refractivity (Wildman–Crippen MR) is 82.8 cm³/mol. The van der Waals surface area contributed by atoms with Gasteiger partial charge in [-0.15, -0.1) is 0 Å². The Morgan fingerprint density at radius 1 is 1.33 bits per heavy atom. The third-order valence-corrected chi connectivity index (χ3v) is 3.31. The molecular weight excluding hydrogens is 266 g/mol. The fraction of sp³-hybridized carbons (Fsp3) is 0.176. The monoisotopic (exact) mass is 283 g/mol. The second kappa shape index (κ2) is 6.22. The van der Waals surface area contributed by atoms with E-state index in [1.165, 1.54) is 12.1 Å². The molecule has 0 bridgehead atoms. The summed E-state index contributed by atoms with van der Waals surface area (Å²) in [5.41, 5.74) is 3.15. The molecule has 0 unspecified atom stereocenters. The van der Waals surface area contributed by atoms with Gasteiger partial charge in [-0.25, -0.2) is 4.79 Å². The minimum absolute atomic E-state index is 0.185. The quantitative estimate of drug-likeness (QED) is 0.878. The van der Waals surface area contributed by atoms with Crippen LogP contribution in [0.15, 0.2) is 47.4 Å². The largest absolute Gasteiger partial charge is 0.478 e. The van der Waals surface area contributed by atoms with E-state index in [-0.39, 0.29) is 5.43 Å². The number of aryl methyl sites for hydroxylation is 2. The molecule has 2 aromatic rings. The van der Waals surface area contributed by atoms with Crippen LogP contribution in [0.2, 0.25) is 0 Å². The number of benzene rings is 1. The van der Waals surface area contributed by atoms with E-state index in [0.29, 0.717) is 5.56 Å². The topological polar surface area (TPSA) is 59.3 Å². The first-order valence-electron chi connectivity index (χ1n) is 6.75. The molecule has 0 fully saturated rings. The van der Waals surface area contributed by atoms with Crippen molar-refractivity contribution >= 4 is 12.0 Å². The predicted octanol–water partition coefficient (Wildman–Crippen LogP) is 2.81. The number of hydrogen-bond donors (Lipinski definition) is 1. The van der Waals surface area contributed by atoms with Gasteiger partial charge in [-0.05, 0) is 31.1 Å². The molecule has 0 aliphatic rings. The van der Waals surface area contributed by atoms with E-state index in [0.717, 1.165) is 29.4 Å². The number of carbonyl (C=O) groups is 1. The Labute approximate surface area is 123 Å². The summed E-state index contributed by atoms with van der Waals surface area (Å²) in [5.74, 6) is -1.07. The first-order chi connectivity index (χ1) is 10.0. The normalized spacial score (nSPS) is 11.0. The zero-order valence-corrected chi connectivity index (χ0v) is 12.0. The Hall–Kier alpha value is -2.62. The molecule has 0 radical (unpaired) electrons. The molecule has 0 aliphatic heterocycles. The molecule has 0 saturated heterocycles. The molecule has 1 aromatic heterocycles. The molecule has 1 N–H and O–H groups in total. The van der Waals surface area contributed by atoms with Crippen molar-refractivity contribution < 1.29 is 9.90 Å². The Morgan fingerprint density at radius 2 is 2.05 bits per heavy atom. The number of carboxylic acids is 1. The van der Waals surface area contributed by atoms with E-state index in [9.17, 15) is 9.59 Å². The van der Waals surface area contributed by atoms with Gasteiger partial charge in [-0.1, -0.05) is 25.1 Å². The first-order valence-corrected chi connectivity index (χ1v) is 6.75. The van der Waals surface area contributed by atoms with Crippen molar-refractivity contribution in [1.29, 1.82) is 0 Å². The zero-order valence-electron chi connectivity index (χ0n) is 12.0. The average molecular weight is 283 g/mol. The van der Waals surface area contributed by atoms with E-state index >= 15 is 0 Å². The maximum absolute atomic E-state index is 11.9. The molecular formula is C17H17NO3. The van der Waals surface area contributed by atoms with Gasteiger partial charge in [0.2, 0.25) is 0 Å². The Bertz CT molecular complexity index is 757. The maximum Gasteiger partial charge on any atom is 0.328 e. The lowest BCUT2D eigenvalue weighted by Crippen LogP contribution is -2.12. The first kappa shape index (κ1) is 14.8. The van der Waals surface area contributed by atoms with Crippen molar-refractivity contribution in [3.8, 4) is 5.69 Å². The van der Waals surface area contributed by atoms with Crippen LogP contribution in [0.5, 0.6) is 0 Å². The number of pyridine rings is 1. The van der Waals surface area contributed by atoms with Crippen LogP contribution >= 0.6 is 0 Å². The molecule has 1 heterocycles. The van der Waals surface area contributed by atoms with Gasteiger partial charge in [0.25, 0.3) is 0 Å². The SMILES string of the molecule is CCc1ccccc1-n1cc(/C=C/C(=O)O)c(=O)cc1C. The van der Waals surface area contributed by atoms with Gasteiger partial charge in [0.15, 0.2) is 5.43 Å². The number of aromatic nitrogens is 1. The van der Waals surface area contributed by atoms with Crippen LogP contribution in [0.25, 0.3) is 11.8 Å². The second-order valence-corrected chi connectivity index (χ2v) is 4.76. The molecule has 0 saturated carbocycles. The lowest BCUT2D eigenvalue weighted by Gasteiger charge is -2.15. The number of para-hydroxylation sites is 1. The van der Waals surface area contributed by atoms with Crippen LogP contribution in [-0.2, 0) is 11.2 Å². The summed E-state index contributed by atoms with van der Waals surface area (Å²) in [4.78, 5) is 22.5. The van der Waals surface area contributed by atoms with Gasteiger partial charge in [-0.3, -0.25) is 4.79 Å². The molecule has 2 rings (SSSR count).